The first kappa shape index (κ1) is 16.9. The number of hydrogen-bond donors (Lipinski definition) is 1. The Morgan fingerprint density at radius 3 is 2.35 bits per heavy atom. The molecule has 0 bridgehead atoms. The minimum absolute atomic E-state index is 0.142. The van der Waals surface area contributed by atoms with E-state index in [-0.39, 0.29) is 5.69 Å². The number of methoxy groups -OCH3 is 1. The van der Waals surface area contributed by atoms with Gasteiger partial charge in [-0.05, 0) is 32.4 Å². The third-order valence-corrected chi connectivity index (χ3v) is 4.24. The lowest BCUT2D eigenvalue weighted by molar-refractivity contribution is -0.154. The molecule has 8 heteroatoms. The van der Waals surface area contributed by atoms with Crippen LogP contribution in [-0.4, -0.2) is 27.2 Å². The number of pyridine rings is 1. The molecular formula is C12H17F3N2O2S. The second-order valence-electron chi connectivity index (χ2n) is 4.98. The van der Waals surface area contributed by atoms with Crippen LogP contribution in [0, 0.1) is 0 Å². The summed E-state index contributed by atoms with van der Waals surface area (Å²) in [5, 5.41) is 5.25. The zero-order chi connectivity index (χ0) is 15.6. The molecule has 0 saturated carbocycles. The molecule has 114 valence electrons. The summed E-state index contributed by atoms with van der Waals surface area (Å²) in [5.41, 5.74) is -0.142. The van der Waals surface area contributed by atoms with Gasteiger partial charge in [0, 0.05) is 0 Å². The molecular weight excluding hydrogens is 293 g/mol. The van der Waals surface area contributed by atoms with E-state index >= 15 is 0 Å². The topological polar surface area (TPSA) is 65.2 Å². The first-order valence-corrected chi connectivity index (χ1v) is 7.02. The molecule has 1 unspecified atom stereocenters. The number of aromatic nitrogens is 1. The third-order valence-electron chi connectivity index (χ3n) is 2.99. The fourth-order valence-corrected chi connectivity index (χ4v) is 2.01. The van der Waals surface area contributed by atoms with Gasteiger partial charge >= 0.3 is 6.18 Å². The molecule has 2 atom stereocenters. The van der Waals surface area contributed by atoms with E-state index in [2.05, 4.69) is 4.98 Å². The summed E-state index contributed by atoms with van der Waals surface area (Å²) >= 11 is 0. The molecule has 0 amide bonds. The predicted octanol–water partition coefficient (Wildman–Crippen LogP) is 2.53. The van der Waals surface area contributed by atoms with Crippen molar-refractivity contribution in [3.8, 4) is 5.75 Å². The Morgan fingerprint density at radius 2 is 2.00 bits per heavy atom. The molecule has 0 aromatic carbocycles. The zero-order valence-corrected chi connectivity index (χ0v) is 12.2. The van der Waals surface area contributed by atoms with Gasteiger partial charge in [0.1, 0.15) is 5.75 Å². The van der Waals surface area contributed by atoms with Gasteiger partial charge in [0.15, 0.2) is 0 Å². The maximum absolute atomic E-state index is 13.2. The maximum Gasteiger partial charge on any atom is 0.397 e. The average Bonchev–Trinajstić information content (AvgIpc) is 2.35. The Balaban J connectivity index is 3.10. The number of nitrogens with two attached hydrogens (primary N) is 1. The molecule has 1 heterocycles. The van der Waals surface area contributed by atoms with Crippen LogP contribution in [0.3, 0.4) is 0 Å². The number of hydrogen-bond acceptors (Lipinski definition) is 3. The van der Waals surface area contributed by atoms with Crippen LogP contribution in [0.2, 0.25) is 0 Å². The van der Waals surface area contributed by atoms with Crippen LogP contribution in [0.15, 0.2) is 18.3 Å². The van der Waals surface area contributed by atoms with Crippen LogP contribution < -0.4 is 9.88 Å². The van der Waals surface area contributed by atoms with E-state index in [0.29, 0.717) is 5.75 Å². The summed E-state index contributed by atoms with van der Waals surface area (Å²) in [6.07, 6.45) is -3.67. The minimum atomic E-state index is -4.49. The number of alkyl halides is 3. The average molecular weight is 310 g/mol. The monoisotopic (exact) mass is 310 g/mol. The van der Waals surface area contributed by atoms with Crippen LogP contribution in [0.1, 0.15) is 31.9 Å². The molecule has 0 aliphatic heterocycles. The van der Waals surface area contributed by atoms with Crippen molar-refractivity contribution in [1.82, 2.24) is 4.98 Å². The predicted molar refractivity (Wildman–Crippen MR) is 70.6 cm³/mol. The molecule has 1 aromatic heterocycles. The zero-order valence-electron chi connectivity index (χ0n) is 11.4. The summed E-state index contributed by atoms with van der Waals surface area (Å²) in [5.74, 6) is -1.45. The van der Waals surface area contributed by atoms with Crippen LogP contribution >= 0.6 is 0 Å². The standard InChI is InChI=1S/C12H17F3N2O2S/c1-11(2,20(16)18)6-9(12(13,14)15)10-5-4-8(19-3)7-17-10/h4-5,7,9H,6,16H2,1-3H3/t9-,20?/m0/s1. The highest BCUT2D eigenvalue weighted by Crippen LogP contribution is 2.40. The number of ether oxygens (including phenoxy) is 1. The highest BCUT2D eigenvalue weighted by Gasteiger charge is 2.45. The van der Waals surface area contributed by atoms with Crippen molar-refractivity contribution in [2.75, 3.05) is 7.11 Å². The number of halogens is 3. The van der Waals surface area contributed by atoms with Crippen molar-refractivity contribution >= 4 is 11.0 Å². The smallest absolute Gasteiger partial charge is 0.397 e. The largest absolute Gasteiger partial charge is 0.495 e. The van der Waals surface area contributed by atoms with Gasteiger partial charge in [-0.1, -0.05) is 0 Å². The van der Waals surface area contributed by atoms with Crippen molar-refractivity contribution in [2.24, 2.45) is 5.14 Å². The van der Waals surface area contributed by atoms with Crippen LogP contribution in [0.4, 0.5) is 13.2 Å². The molecule has 0 aliphatic rings. The van der Waals surface area contributed by atoms with E-state index in [0.717, 1.165) is 0 Å². The molecule has 0 radical (unpaired) electrons. The van der Waals surface area contributed by atoms with Crippen molar-refractivity contribution < 1.29 is 22.1 Å². The fraction of sp³-hybridized carbons (Fsp3) is 0.583. The Morgan fingerprint density at radius 1 is 1.40 bits per heavy atom. The molecule has 0 aliphatic carbocycles. The van der Waals surface area contributed by atoms with Gasteiger partial charge in [-0.15, -0.1) is 0 Å². The highest BCUT2D eigenvalue weighted by atomic mass is 32.2. The molecule has 1 rings (SSSR count). The minimum Gasteiger partial charge on any atom is -0.495 e. The second-order valence-corrected chi connectivity index (χ2v) is 6.68. The molecule has 4 nitrogen and oxygen atoms in total. The Hall–Kier alpha value is -1.15. The summed E-state index contributed by atoms with van der Waals surface area (Å²) in [6, 6.07) is 2.67. The third kappa shape index (κ3) is 4.17. The Bertz CT molecular complexity index is 475. The van der Waals surface area contributed by atoms with Gasteiger partial charge in [0.25, 0.3) is 0 Å². The molecule has 1 aromatic rings. The van der Waals surface area contributed by atoms with E-state index in [1.807, 2.05) is 0 Å². The van der Waals surface area contributed by atoms with Crippen molar-refractivity contribution in [3.05, 3.63) is 24.0 Å². The van der Waals surface area contributed by atoms with Crippen LogP contribution in [0.5, 0.6) is 5.75 Å². The molecule has 0 fully saturated rings. The van der Waals surface area contributed by atoms with E-state index in [9.17, 15) is 17.4 Å². The first-order chi connectivity index (χ1) is 9.08. The highest BCUT2D eigenvalue weighted by molar-refractivity contribution is 7.84. The lowest BCUT2D eigenvalue weighted by Crippen LogP contribution is -2.37. The molecule has 0 saturated heterocycles. The Labute approximate surface area is 118 Å². The van der Waals surface area contributed by atoms with E-state index in [4.69, 9.17) is 9.88 Å². The van der Waals surface area contributed by atoms with Crippen molar-refractivity contribution in [1.29, 1.82) is 0 Å². The van der Waals surface area contributed by atoms with Crippen LogP contribution in [-0.2, 0) is 11.0 Å². The number of rotatable bonds is 5. The van der Waals surface area contributed by atoms with Gasteiger partial charge in [-0.2, -0.15) is 13.2 Å². The van der Waals surface area contributed by atoms with Gasteiger partial charge in [-0.3, -0.25) is 10.1 Å². The normalized spacial score (nSPS) is 15.8. The van der Waals surface area contributed by atoms with Crippen molar-refractivity contribution in [2.45, 2.75) is 37.1 Å². The summed E-state index contributed by atoms with van der Waals surface area (Å²) < 4.78 is 54.6. The SMILES string of the molecule is COc1ccc([C@H](CC(C)(C)S(N)=O)C(F)(F)F)nc1. The van der Waals surface area contributed by atoms with Crippen LogP contribution in [0.25, 0.3) is 0 Å². The lowest BCUT2D eigenvalue weighted by Gasteiger charge is -2.28. The van der Waals surface area contributed by atoms with Gasteiger partial charge < -0.3 is 4.74 Å². The molecule has 2 N–H and O–H groups in total. The molecule has 0 spiro atoms. The van der Waals surface area contributed by atoms with E-state index in [1.165, 1.54) is 39.3 Å². The summed E-state index contributed by atoms with van der Waals surface area (Å²) in [7, 11) is -0.462. The Kier molecular flexibility index (Phi) is 5.15. The van der Waals surface area contributed by atoms with E-state index in [1.54, 1.807) is 0 Å². The quantitative estimate of drug-likeness (QED) is 0.909. The summed E-state index contributed by atoms with van der Waals surface area (Å²) in [4.78, 5) is 3.78. The van der Waals surface area contributed by atoms with Crippen molar-refractivity contribution in [3.63, 3.8) is 0 Å². The lowest BCUT2D eigenvalue weighted by atomic mass is 9.92. The second kappa shape index (κ2) is 6.09. The maximum atomic E-state index is 13.2. The van der Waals surface area contributed by atoms with E-state index < -0.39 is 34.2 Å². The fourth-order valence-electron chi connectivity index (χ4n) is 1.68. The number of nitrogens with zero attached hydrogens (tertiary/aromatic N) is 1. The van der Waals surface area contributed by atoms with Gasteiger partial charge in [0.05, 0.1) is 40.7 Å². The van der Waals surface area contributed by atoms with Gasteiger partial charge in [-0.25, -0.2) is 4.21 Å². The molecule has 20 heavy (non-hydrogen) atoms. The van der Waals surface area contributed by atoms with Gasteiger partial charge in [0.2, 0.25) is 0 Å². The summed E-state index contributed by atoms with van der Waals surface area (Å²) in [6.45, 7) is 2.87. The first-order valence-electron chi connectivity index (χ1n) is 5.81.